The molecule has 1 unspecified atom stereocenters. The number of thioether (sulfide) groups is 1. The van der Waals surface area contributed by atoms with E-state index in [1.165, 1.54) is 0 Å². The maximum absolute atomic E-state index is 12.2. The molecule has 2 heterocycles. The third-order valence-corrected chi connectivity index (χ3v) is 4.40. The molecular weight excluding hydrogens is 272 g/mol. The number of nitrogens with zero attached hydrogens (tertiary/aromatic N) is 3. The van der Waals surface area contributed by atoms with Gasteiger partial charge in [0.05, 0.1) is 5.92 Å². The first-order valence-electron chi connectivity index (χ1n) is 7.18. The SMILES string of the molecule is CSc1nccc(N2CCCC(C(=O)NC3CC3)C2)n1. The van der Waals surface area contributed by atoms with E-state index in [2.05, 4.69) is 20.2 Å². The summed E-state index contributed by atoms with van der Waals surface area (Å²) in [7, 11) is 0. The lowest BCUT2D eigenvalue weighted by Gasteiger charge is -2.32. The number of rotatable bonds is 4. The summed E-state index contributed by atoms with van der Waals surface area (Å²) in [6.45, 7) is 1.74. The van der Waals surface area contributed by atoms with Crippen molar-refractivity contribution >= 4 is 23.5 Å². The molecule has 20 heavy (non-hydrogen) atoms. The monoisotopic (exact) mass is 292 g/mol. The van der Waals surface area contributed by atoms with Crippen LogP contribution in [-0.4, -0.2) is 41.3 Å². The number of anilines is 1. The van der Waals surface area contributed by atoms with Gasteiger partial charge >= 0.3 is 0 Å². The van der Waals surface area contributed by atoms with Gasteiger partial charge in [0.2, 0.25) is 5.91 Å². The van der Waals surface area contributed by atoms with Crippen LogP contribution in [0.4, 0.5) is 5.82 Å². The molecular formula is C14H20N4OS. The maximum Gasteiger partial charge on any atom is 0.225 e. The molecule has 0 aromatic carbocycles. The number of hydrogen-bond donors (Lipinski definition) is 1. The summed E-state index contributed by atoms with van der Waals surface area (Å²) in [5, 5.41) is 3.90. The largest absolute Gasteiger partial charge is 0.356 e. The molecule has 1 aliphatic heterocycles. The van der Waals surface area contributed by atoms with Crippen LogP contribution < -0.4 is 10.2 Å². The summed E-state index contributed by atoms with van der Waals surface area (Å²) in [5.74, 6) is 1.25. The Balaban J connectivity index is 1.65. The van der Waals surface area contributed by atoms with Gasteiger partial charge in [0.1, 0.15) is 5.82 Å². The molecule has 1 saturated carbocycles. The van der Waals surface area contributed by atoms with Crippen molar-refractivity contribution in [3.05, 3.63) is 12.3 Å². The Morgan fingerprint density at radius 1 is 1.45 bits per heavy atom. The van der Waals surface area contributed by atoms with Crippen molar-refractivity contribution in [2.75, 3.05) is 24.2 Å². The van der Waals surface area contributed by atoms with Gasteiger partial charge in [0, 0.05) is 25.3 Å². The number of carbonyl (C=O) groups is 1. The first-order chi connectivity index (χ1) is 9.76. The molecule has 1 amide bonds. The minimum absolute atomic E-state index is 0.0945. The highest BCUT2D eigenvalue weighted by atomic mass is 32.2. The molecule has 0 spiro atoms. The van der Waals surface area contributed by atoms with Crippen molar-refractivity contribution < 1.29 is 4.79 Å². The van der Waals surface area contributed by atoms with Crippen LogP contribution in [0.3, 0.4) is 0 Å². The fourth-order valence-corrected chi connectivity index (χ4v) is 2.90. The Hall–Kier alpha value is -1.30. The average Bonchev–Trinajstić information content (AvgIpc) is 3.31. The lowest BCUT2D eigenvalue weighted by molar-refractivity contribution is -0.125. The Morgan fingerprint density at radius 2 is 2.30 bits per heavy atom. The molecule has 1 atom stereocenters. The van der Waals surface area contributed by atoms with Gasteiger partial charge in [0.15, 0.2) is 5.16 Å². The smallest absolute Gasteiger partial charge is 0.225 e. The first-order valence-corrected chi connectivity index (χ1v) is 8.41. The van der Waals surface area contributed by atoms with E-state index in [9.17, 15) is 4.79 Å². The zero-order valence-corrected chi connectivity index (χ0v) is 12.5. The summed E-state index contributed by atoms with van der Waals surface area (Å²) >= 11 is 1.54. The van der Waals surface area contributed by atoms with E-state index >= 15 is 0 Å². The highest BCUT2D eigenvalue weighted by Gasteiger charge is 2.30. The summed E-state index contributed by atoms with van der Waals surface area (Å²) in [5.41, 5.74) is 0. The number of nitrogens with one attached hydrogen (secondary N) is 1. The van der Waals surface area contributed by atoms with Crippen LogP contribution in [0.15, 0.2) is 17.4 Å². The maximum atomic E-state index is 12.2. The van der Waals surface area contributed by atoms with E-state index in [4.69, 9.17) is 0 Å². The topological polar surface area (TPSA) is 58.1 Å². The fraction of sp³-hybridized carbons (Fsp3) is 0.643. The van der Waals surface area contributed by atoms with Crippen molar-refractivity contribution in [2.45, 2.75) is 36.9 Å². The molecule has 5 nitrogen and oxygen atoms in total. The molecule has 2 fully saturated rings. The van der Waals surface area contributed by atoms with Crippen LogP contribution in [0, 0.1) is 5.92 Å². The van der Waals surface area contributed by atoms with Crippen molar-refractivity contribution in [2.24, 2.45) is 5.92 Å². The molecule has 1 N–H and O–H groups in total. The molecule has 0 bridgehead atoms. The summed E-state index contributed by atoms with van der Waals surface area (Å²) < 4.78 is 0. The van der Waals surface area contributed by atoms with Gasteiger partial charge in [-0.25, -0.2) is 9.97 Å². The van der Waals surface area contributed by atoms with E-state index < -0.39 is 0 Å². The van der Waals surface area contributed by atoms with Gasteiger partial charge in [0.25, 0.3) is 0 Å². The first kappa shape index (κ1) is 13.7. The van der Waals surface area contributed by atoms with Crippen molar-refractivity contribution in [3.8, 4) is 0 Å². The third kappa shape index (κ3) is 3.23. The summed E-state index contributed by atoms with van der Waals surface area (Å²) in [4.78, 5) is 23.1. The van der Waals surface area contributed by atoms with Gasteiger partial charge in [-0.15, -0.1) is 0 Å². The lowest BCUT2D eigenvalue weighted by atomic mass is 9.97. The van der Waals surface area contributed by atoms with E-state index in [0.717, 1.165) is 49.7 Å². The van der Waals surface area contributed by atoms with Crippen molar-refractivity contribution in [1.82, 2.24) is 15.3 Å². The number of carbonyl (C=O) groups excluding carboxylic acids is 1. The van der Waals surface area contributed by atoms with Gasteiger partial charge < -0.3 is 10.2 Å². The molecule has 108 valence electrons. The molecule has 3 rings (SSSR count). The lowest BCUT2D eigenvalue weighted by Crippen LogP contribution is -2.44. The molecule has 1 saturated heterocycles. The van der Waals surface area contributed by atoms with E-state index in [1.54, 1.807) is 18.0 Å². The molecule has 1 aliphatic carbocycles. The molecule has 1 aromatic heterocycles. The van der Waals surface area contributed by atoms with Crippen LogP contribution >= 0.6 is 11.8 Å². The Kier molecular flexibility index (Phi) is 4.10. The minimum atomic E-state index is 0.0945. The van der Waals surface area contributed by atoms with Gasteiger partial charge in [-0.3, -0.25) is 4.79 Å². The predicted octanol–water partition coefficient (Wildman–Crippen LogP) is 1.69. The van der Waals surface area contributed by atoms with Crippen LogP contribution in [0.5, 0.6) is 0 Å². The van der Waals surface area contributed by atoms with E-state index in [-0.39, 0.29) is 11.8 Å². The zero-order valence-electron chi connectivity index (χ0n) is 11.7. The highest BCUT2D eigenvalue weighted by Crippen LogP contribution is 2.25. The normalized spacial score (nSPS) is 22.6. The second-order valence-electron chi connectivity index (χ2n) is 5.47. The van der Waals surface area contributed by atoms with Gasteiger partial charge in [-0.05, 0) is 38.0 Å². The van der Waals surface area contributed by atoms with Crippen LogP contribution in [0.25, 0.3) is 0 Å². The second kappa shape index (κ2) is 5.99. The quantitative estimate of drug-likeness (QED) is 0.676. The third-order valence-electron chi connectivity index (χ3n) is 3.84. The number of piperidine rings is 1. The molecule has 1 aromatic rings. The minimum Gasteiger partial charge on any atom is -0.356 e. The second-order valence-corrected chi connectivity index (χ2v) is 6.24. The average molecular weight is 292 g/mol. The highest BCUT2D eigenvalue weighted by molar-refractivity contribution is 7.98. The fourth-order valence-electron chi connectivity index (χ4n) is 2.55. The van der Waals surface area contributed by atoms with Crippen LogP contribution in [0.1, 0.15) is 25.7 Å². The number of aromatic nitrogens is 2. The summed E-state index contributed by atoms with van der Waals surface area (Å²) in [6, 6.07) is 2.38. The van der Waals surface area contributed by atoms with Crippen molar-refractivity contribution in [3.63, 3.8) is 0 Å². The number of amides is 1. The Morgan fingerprint density at radius 3 is 3.05 bits per heavy atom. The van der Waals surface area contributed by atoms with Gasteiger partial charge in [-0.2, -0.15) is 0 Å². The Bertz CT molecular complexity index is 492. The molecule has 2 aliphatic rings. The Labute approximate surface area is 123 Å². The standard InChI is InChI=1S/C14H20N4OS/c1-20-14-15-7-6-12(17-14)18-8-2-3-10(9-18)13(19)16-11-4-5-11/h6-7,10-11H,2-5,8-9H2,1H3,(H,16,19). The number of hydrogen-bond acceptors (Lipinski definition) is 5. The van der Waals surface area contributed by atoms with Crippen LogP contribution in [0.2, 0.25) is 0 Å². The van der Waals surface area contributed by atoms with Gasteiger partial charge in [-0.1, -0.05) is 11.8 Å². The van der Waals surface area contributed by atoms with E-state index in [0.29, 0.717) is 6.04 Å². The predicted molar refractivity (Wildman–Crippen MR) is 79.9 cm³/mol. The summed E-state index contributed by atoms with van der Waals surface area (Å²) in [6.07, 6.45) is 8.08. The zero-order chi connectivity index (χ0) is 13.9. The van der Waals surface area contributed by atoms with Crippen LogP contribution in [-0.2, 0) is 4.79 Å². The molecule has 6 heteroatoms. The van der Waals surface area contributed by atoms with Crippen molar-refractivity contribution in [1.29, 1.82) is 0 Å². The van der Waals surface area contributed by atoms with E-state index in [1.807, 2.05) is 12.3 Å². The molecule has 0 radical (unpaired) electrons.